The molecule has 0 aliphatic heterocycles. The molecule has 174 valence electrons. The van der Waals surface area contributed by atoms with E-state index in [1.807, 2.05) is 65.6 Å². The zero-order chi connectivity index (χ0) is 22.6. The lowest BCUT2D eigenvalue weighted by atomic mass is 10.1. The lowest BCUT2D eigenvalue weighted by Gasteiger charge is -2.22. The van der Waals surface area contributed by atoms with Crippen molar-refractivity contribution in [1.29, 1.82) is 0 Å². The van der Waals surface area contributed by atoms with Crippen LogP contribution in [0.4, 0.5) is 17.3 Å². The summed E-state index contributed by atoms with van der Waals surface area (Å²) in [7, 11) is 0. The second kappa shape index (κ2) is 13.8. The second-order valence-electron chi connectivity index (χ2n) is 7.23. The van der Waals surface area contributed by atoms with Crippen molar-refractivity contribution in [3.05, 3.63) is 78.6 Å². The monoisotopic (exact) mass is 469 g/mol. The molecule has 1 heterocycles. The lowest BCUT2D eigenvalue weighted by Crippen LogP contribution is -2.25. The number of anilines is 3. The number of nitrogens with zero attached hydrogens (tertiary/aromatic N) is 3. The smallest absolute Gasteiger partial charge is 0.254 e. The maximum absolute atomic E-state index is 12.4. The number of unbranched alkanes of at least 4 members (excludes halogenated alkanes) is 3. The van der Waals surface area contributed by atoms with Crippen LogP contribution in [-0.2, 0) is 4.79 Å². The molecule has 0 fully saturated rings. The third-order valence-corrected chi connectivity index (χ3v) is 4.87. The molecular weight excluding hydrogens is 442 g/mol. The van der Waals surface area contributed by atoms with E-state index < -0.39 is 0 Å². The molecule has 0 saturated heterocycles. The Morgan fingerprint density at radius 2 is 1.36 bits per heavy atom. The largest absolute Gasteiger partial charge is 0.352 e. The highest BCUT2D eigenvalue weighted by Crippen LogP contribution is 2.31. The maximum atomic E-state index is 12.4. The summed E-state index contributed by atoms with van der Waals surface area (Å²) in [6.07, 6.45) is 6.62. The van der Waals surface area contributed by atoms with Crippen LogP contribution in [-0.4, -0.2) is 33.5 Å². The number of hydrogen-bond donors (Lipinski definition) is 3. The van der Waals surface area contributed by atoms with Crippen molar-refractivity contribution in [1.82, 2.24) is 20.8 Å². The van der Waals surface area contributed by atoms with Crippen LogP contribution >= 0.6 is 12.4 Å². The van der Waals surface area contributed by atoms with Gasteiger partial charge in [0.05, 0.1) is 5.56 Å². The third kappa shape index (κ3) is 7.85. The summed E-state index contributed by atoms with van der Waals surface area (Å²) in [5.41, 5.74) is 3.86. The summed E-state index contributed by atoms with van der Waals surface area (Å²) in [5.74, 6) is -0.118. The number of hydrogen-bond acceptors (Lipinski definition) is 6. The molecule has 0 aliphatic carbocycles. The van der Waals surface area contributed by atoms with E-state index in [4.69, 9.17) is 5.21 Å². The second-order valence-corrected chi connectivity index (χ2v) is 7.23. The summed E-state index contributed by atoms with van der Waals surface area (Å²) in [6.45, 7) is 0.535. The van der Waals surface area contributed by atoms with Crippen LogP contribution in [0, 0.1) is 0 Å². The van der Waals surface area contributed by atoms with Crippen LogP contribution in [0.2, 0.25) is 0 Å². The normalized spacial score (nSPS) is 10.1. The van der Waals surface area contributed by atoms with Crippen LogP contribution < -0.4 is 15.7 Å². The first-order chi connectivity index (χ1) is 15.7. The van der Waals surface area contributed by atoms with Crippen LogP contribution in [0.25, 0.3) is 0 Å². The molecule has 0 aliphatic rings. The molecule has 0 unspecified atom stereocenters. The minimum Gasteiger partial charge on any atom is -0.352 e. The van der Waals surface area contributed by atoms with Crippen molar-refractivity contribution in [3.63, 3.8) is 0 Å². The number of carbonyl (C=O) groups is 2. The van der Waals surface area contributed by atoms with E-state index in [1.54, 1.807) is 5.48 Å². The molecule has 2 amide bonds. The van der Waals surface area contributed by atoms with Gasteiger partial charge in [0.1, 0.15) is 0 Å². The van der Waals surface area contributed by atoms with Crippen LogP contribution in [0.15, 0.2) is 73.1 Å². The standard InChI is InChI=1S/C24H27N5O3.ClH/c30-22(28-32)15-9-1-2-10-16-25-23(31)19-17-26-24(27-18-19)29(20-11-5-3-6-12-20)21-13-7-4-8-14-21;/h3-8,11-14,17-18,32H,1-2,9-10,15-16H2,(H,25,31)(H,28,30);1H. The molecular formula is C24H28ClN5O3. The van der Waals surface area contributed by atoms with Gasteiger partial charge in [0.25, 0.3) is 5.91 Å². The molecule has 2 aromatic carbocycles. The van der Waals surface area contributed by atoms with Gasteiger partial charge in [-0.15, -0.1) is 12.4 Å². The van der Waals surface area contributed by atoms with Gasteiger partial charge < -0.3 is 5.32 Å². The van der Waals surface area contributed by atoms with Crippen LogP contribution in [0.5, 0.6) is 0 Å². The van der Waals surface area contributed by atoms with E-state index in [-0.39, 0.29) is 24.2 Å². The maximum Gasteiger partial charge on any atom is 0.254 e. The van der Waals surface area contributed by atoms with E-state index in [0.29, 0.717) is 30.9 Å². The summed E-state index contributed by atoms with van der Waals surface area (Å²) >= 11 is 0. The zero-order valence-electron chi connectivity index (χ0n) is 18.2. The topological polar surface area (TPSA) is 107 Å². The van der Waals surface area contributed by atoms with Crippen molar-refractivity contribution in [3.8, 4) is 0 Å². The van der Waals surface area contributed by atoms with Gasteiger partial charge in [-0.3, -0.25) is 19.7 Å². The minimum absolute atomic E-state index is 0. The Morgan fingerprint density at radius 3 is 1.91 bits per heavy atom. The molecule has 0 radical (unpaired) electrons. The Bertz CT molecular complexity index is 949. The fourth-order valence-electron chi connectivity index (χ4n) is 3.21. The first-order valence-corrected chi connectivity index (χ1v) is 10.6. The van der Waals surface area contributed by atoms with Gasteiger partial charge in [-0.2, -0.15) is 0 Å². The molecule has 0 bridgehead atoms. The number of benzene rings is 2. The summed E-state index contributed by atoms with van der Waals surface area (Å²) in [4.78, 5) is 34.2. The summed E-state index contributed by atoms with van der Waals surface area (Å²) < 4.78 is 0. The molecule has 0 atom stereocenters. The average molecular weight is 470 g/mol. The van der Waals surface area contributed by atoms with E-state index >= 15 is 0 Å². The fourth-order valence-corrected chi connectivity index (χ4v) is 3.21. The molecule has 3 N–H and O–H groups in total. The summed E-state index contributed by atoms with van der Waals surface area (Å²) in [5, 5.41) is 11.3. The van der Waals surface area contributed by atoms with Crippen molar-refractivity contribution in [2.45, 2.75) is 32.1 Å². The number of amides is 2. The van der Waals surface area contributed by atoms with E-state index in [0.717, 1.165) is 30.6 Å². The first kappa shape index (κ1) is 25.8. The molecule has 9 heteroatoms. The number of rotatable bonds is 11. The SMILES string of the molecule is Cl.O=C(CCCCCCNC(=O)c1cnc(N(c2ccccc2)c2ccccc2)nc1)NO. The predicted octanol–water partition coefficient (Wildman–Crippen LogP) is 4.55. The molecule has 1 aromatic heterocycles. The van der Waals surface area contributed by atoms with E-state index in [9.17, 15) is 9.59 Å². The van der Waals surface area contributed by atoms with Crippen molar-refractivity contribution in [2.24, 2.45) is 0 Å². The highest BCUT2D eigenvalue weighted by molar-refractivity contribution is 5.93. The van der Waals surface area contributed by atoms with Crippen molar-refractivity contribution < 1.29 is 14.8 Å². The molecule has 0 spiro atoms. The number of hydroxylamine groups is 1. The number of halogens is 1. The minimum atomic E-state index is -0.375. The Balaban J connectivity index is 0.00000385. The number of aromatic nitrogens is 2. The van der Waals surface area contributed by atoms with Crippen molar-refractivity contribution >= 4 is 41.5 Å². The molecule has 3 aromatic rings. The molecule has 3 rings (SSSR count). The molecule has 8 nitrogen and oxygen atoms in total. The quantitative estimate of drug-likeness (QED) is 0.216. The number of nitrogens with one attached hydrogen (secondary N) is 2. The Hall–Kier alpha value is -3.49. The molecule has 33 heavy (non-hydrogen) atoms. The van der Waals surface area contributed by atoms with Gasteiger partial charge in [-0.25, -0.2) is 15.4 Å². The lowest BCUT2D eigenvalue weighted by molar-refractivity contribution is -0.129. The van der Waals surface area contributed by atoms with Gasteiger partial charge in [-0.05, 0) is 37.1 Å². The van der Waals surface area contributed by atoms with Gasteiger partial charge >= 0.3 is 0 Å². The highest BCUT2D eigenvalue weighted by atomic mass is 35.5. The predicted molar refractivity (Wildman–Crippen MR) is 129 cm³/mol. The third-order valence-electron chi connectivity index (χ3n) is 4.87. The van der Waals surface area contributed by atoms with Crippen LogP contribution in [0.1, 0.15) is 42.5 Å². The van der Waals surface area contributed by atoms with E-state index in [2.05, 4.69) is 15.3 Å². The van der Waals surface area contributed by atoms with Gasteiger partial charge in [0.2, 0.25) is 11.9 Å². The first-order valence-electron chi connectivity index (χ1n) is 10.6. The number of carbonyl (C=O) groups excluding carboxylic acids is 2. The van der Waals surface area contributed by atoms with Gasteiger partial charge in [-0.1, -0.05) is 49.2 Å². The zero-order valence-corrected chi connectivity index (χ0v) is 19.0. The van der Waals surface area contributed by atoms with Crippen molar-refractivity contribution in [2.75, 3.05) is 11.4 Å². The Kier molecular flexibility index (Phi) is 10.8. The van der Waals surface area contributed by atoms with E-state index in [1.165, 1.54) is 12.4 Å². The average Bonchev–Trinajstić information content (AvgIpc) is 2.85. The van der Waals surface area contributed by atoms with Gasteiger partial charge in [0, 0.05) is 36.7 Å². The Morgan fingerprint density at radius 1 is 0.818 bits per heavy atom. The fraction of sp³-hybridized carbons (Fsp3) is 0.250. The number of para-hydroxylation sites is 2. The van der Waals surface area contributed by atoms with Gasteiger partial charge in [0.15, 0.2) is 0 Å². The summed E-state index contributed by atoms with van der Waals surface area (Å²) in [6, 6.07) is 19.6. The highest BCUT2D eigenvalue weighted by Gasteiger charge is 2.15. The van der Waals surface area contributed by atoms with Crippen LogP contribution in [0.3, 0.4) is 0 Å². The molecule has 0 saturated carbocycles. The Labute approximate surface area is 199 Å².